The normalized spacial score (nSPS) is 10.9. The molecule has 1 N–H and O–H groups in total. The number of hydrogen-bond acceptors (Lipinski definition) is 4. The quantitative estimate of drug-likeness (QED) is 0.787. The van der Waals surface area contributed by atoms with Crippen molar-refractivity contribution in [2.75, 3.05) is 11.9 Å². The summed E-state index contributed by atoms with van der Waals surface area (Å²) in [5.41, 5.74) is 1.11. The summed E-state index contributed by atoms with van der Waals surface area (Å²) in [6, 6.07) is 10.7. The maximum absolute atomic E-state index is 12.7. The molecule has 5 nitrogen and oxygen atoms in total. The molecule has 0 aliphatic rings. The first kappa shape index (κ1) is 15.3. The summed E-state index contributed by atoms with van der Waals surface area (Å²) in [6.07, 6.45) is 0. The van der Waals surface area contributed by atoms with Gasteiger partial charge in [-0.25, -0.2) is 0 Å². The van der Waals surface area contributed by atoms with Crippen LogP contribution < -0.4 is 10.5 Å². The molecular formula is C17H16N2O3S. The Morgan fingerprint density at radius 3 is 2.57 bits per heavy atom. The molecule has 0 saturated heterocycles. The Morgan fingerprint density at radius 2 is 1.91 bits per heavy atom. The molecule has 0 spiro atoms. The van der Waals surface area contributed by atoms with E-state index in [4.69, 9.17) is 0 Å². The summed E-state index contributed by atoms with van der Waals surface area (Å²) in [5, 5.41) is 10.8. The van der Waals surface area contributed by atoms with Crippen LogP contribution >= 0.6 is 11.3 Å². The standard InChI is InChI=1S/C17H16N2O3S/c1-10-12-9-13(15(21)19(3)16(12)23-17(10)22)14(20)18(2)11-7-5-4-6-8-11/h4-9,22H,1-3H3. The lowest BCUT2D eigenvalue weighted by Crippen LogP contribution is -2.33. The molecule has 0 saturated carbocycles. The van der Waals surface area contributed by atoms with Gasteiger partial charge in [-0.3, -0.25) is 9.59 Å². The molecule has 2 aromatic heterocycles. The van der Waals surface area contributed by atoms with Crippen molar-refractivity contribution in [1.82, 2.24) is 4.57 Å². The number of fused-ring (bicyclic) bond motifs is 1. The van der Waals surface area contributed by atoms with E-state index in [2.05, 4.69) is 0 Å². The molecule has 23 heavy (non-hydrogen) atoms. The fourth-order valence-corrected chi connectivity index (χ4v) is 3.49. The number of pyridine rings is 1. The van der Waals surface area contributed by atoms with Gasteiger partial charge in [0.05, 0.1) is 0 Å². The van der Waals surface area contributed by atoms with Crippen LogP contribution in [0.5, 0.6) is 5.06 Å². The van der Waals surface area contributed by atoms with Crippen LogP contribution in [0, 0.1) is 6.92 Å². The first-order chi connectivity index (χ1) is 10.9. The summed E-state index contributed by atoms with van der Waals surface area (Å²) >= 11 is 1.14. The van der Waals surface area contributed by atoms with Crippen molar-refractivity contribution < 1.29 is 9.90 Å². The van der Waals surface area contributed by atoms with Gasteiger partial charge in [0.25, 0.3) is 11.5 Å². The largest absolute Gasteiger partial charge is 0.499 e. The maximum Gasteiger partial charge on any atom is 0.264 e. The van der Waals surface area contributed by atoms with E-state index in [1.807, 2.05) is 30.3 Å². The third-order valence-corrected chi connectivity index (χ3v) is 5.14. The van der Waals surface area contributed by atoms with Crippen molar-refractivity contribution in [3.05, 3.63) is 57.9 Å². The van der Waals surface area contributed by atoms with Crippen molar-refractivity contribution >= 4 is 33.1 Å². The van der Waals surface area contributed by atoms with Crippen molar-refractivity contribution in [3.63, 3.8) is 0 Å². The molecule has 1 amide bonds. The number of rotatable bonds is 2. The summed E-state index contributed by atoms with van der Waals surface area (Å²) in [7, 11) is 3.25. The highest BCUT2D eigenvalue weighted by Crippen LogP contribution is 2.35. The van der Waals surface area contributed by atoms with E-state index in [-0.39, 0.29) is 22.1 Å². The first-order valence-corrected chi connectivity index (χ1v) is 7.88. The zero-order chi connectivity index (χ0) is 16.7. The molecule has 0 unspecified atom stereocenters. The lowest BCUT2D eigenvalue weighted by atomic mass is 10.1. The van der Waals surface area contributed by atoms with Gasteiger partial charge in [0.1, 0.15) is 10.4 Å². The molecule has 6 heteroatoms. The Kier molecular flexibility index (Phi) is 3.69. The van der Waals surface area contributed by atoms with Crippen LogP contribution in [0.4, 0.5) is 5.69 Å². The number of anilines is 1. The van der Waals surface area contributed by atoms with Crippen LogP contribution in [-0.4, -0.2) is 22.6 Å². The van der Waals surface area contributed by atoms with Gasteiger partial charge in [-0.1, -0.05) is 29.5 Å². The number of carbonyl (C=O) groups is 1. The van der Waals surface area contributed by atoms with Gasteiger partial charge in [-0.15, -0.1) is 0 Å². The van der Waals surface area contributed by atoms with Crippen molar-refractivity contribution in [1.29, 1.82) is 0 Å². The second-order valence-electron chi connectivity index (χ2n) is 5.37. The number of para-hydroxylation sites is 1. The average Bonchev–Trinajstić information content (AvgIpc) is 2.85. The number of hydrogen-bond donors (Lipinski definition) is 1. The number of nitrogens with zero attached hydrogens (tertiary/aromatic N) is 2. The van der Waals surface area contributed by atoms with Crippen LogP contribution in [0.1, 0.15) is 15.9 Å². The van der Waals surface area contributed by atoms with Crippen molar-refractivity contribution in [3.8, 4) is 5.06 Å². The molecule has 1 aromatic carbocycles. The lowest BCUT2D eigenvalue weighted by molar-refractivity contribution is 0.0991. The Balaban J connectivity index is 2.16. The van der Waals surface area contributed by atoms with Crippen LogP contribution in [0.15, 0.2) is 41.2 Å². The number of thiophene rings is 1. The molecule has 0 aliphatic carbocycles. The molecule has 0 bridgehead atoms. The van der Waals surface area contributed by atoms with E-state index < -0.39 is 0 Å². The van der Waals surface area contributed by atoms with Crippen LogP contribution in [0.3, 0.4) is 0 Å². The minimum absolute atomic E-state index is 0.0900. The lowest BCUT2D eigenvalue weighted by Gasteiger charge is -2.17. The van der Waals surface area contributed by atoms with Crippen LogP contribution in [0.2, 0.25) is 0 Å². The Labute approximate surface area is 137 Å². The number of carbonyl (C=O) groups excluding carboxylic acids is 1. The van der Waals surface area contributed by atoms with Gasteiger partial charge < -0.3 is 14.6 Å². The highest BCUT2D eigenvalue weighted by molar-refractivity contribution is 7.20. The van der Waals surface area contributed by atoms with Crippen molar-refractivity contribution in [2.45, 2.75) is 6.92 Å². The molecule has 0 aliphatic heterocycles. The average molecular weight is 328 g/mol. The monoisotopic (exact) mass is 328 g/mol. The van der Waals surface area contributed by atoms with E-state index in [1.165, 1.54) is 9.47 Å². The van der Waals surface area contributed by atoms with Crippen LogP contribution in [-0.2, 0) is 7.05 Å². The van der Waals surface area contributed by atoms with Crippen LogP contribution in [0.25, 0.3) is 10.2 Å². The third kappa shape index (κ3) is 2.41. The fourth-order valence-electron chi connectivity index (χ4n) is 2.50. The molecule has 3 aromatic rings. The third-order valence-electron chi connectivity index (χ3n) is 3.96. The highest BCUT2D eigenvalue weighted by Gasteiger charge is 2.21. The molecule has 2 heterocycles. The number of benzene rings is 1. The Hall–Kier alpha value is -2.60. The maximum atomic E-state index is 12.7. The summed E-state index contributed by atoms with van der Waals surface area (Å²) in [4.78, 5) is 27.4. The predicted molar refractivity (Wildman–Crippen MR) is 92.6 cm³/mol. The van der Waals surface area contributed by atoms with E-state index in [0.717, 1.165) is 16.7 Å². The summed E-state index contributed by atoms with van der Waals surface area (Å²) < 4.78 is 1.42. The SMILES string of the molecule is Cc1c(O)sc2c1cc(C(=O)N(C)c1ccccc1)c(=O)n2C. The summed E-state index contributed by atoms with van der Waals surface area (Å²) in [5.74, 6) is -0.371. The number of aromatic nitrogens is 1. The van der Waals surface area contributed by atoms with E-state index >= 15 is 0 Å². The van der Waals surface area contributed by atoms with E-state index in [1.54, 1.807) is 27.1 Å². The zero-order valence-electron chi connectivity index (χ0n) is 13.0. The predicted octanol–water partition coefficient (Wildman–Crippen LogP) is 2.89. The van der Waals surface area contributed by atoms with Gasteiger partial charge in [0.2, 0.25) is 0 Å². The topological polar surface area (TPSA) is 62.5 Å². The van der Waals surface area contributed by atoms with E-state index in [9.17, 15) is 14.7 Å². The molecular weight excluding hydrogens is 312 g/mol. The van der Waals surface area contributed by atoms with Gasteiger partial charge in [-0.05, 0) is 25.1 Å². The minimum atomic E-state index is -0.371. The first-order valence-electron chi connectivity index (χ1n) is 7.07. The second-order valence-corrected chi connectivity index (χ2v) is 6.35. The minimum Gasteiger partial charge on any atom is -0.499 e. The Bertz CT molecular complexity index is 957. The smallest absolute Gasteiger partial charge is 0.264 e. The van der Waals surface area contributed by atoms with Gasteiger partial charge in [0, 0.05) is 30.7 Å². The van der Waals surface area contributed by atoms with Gasteiger partial charge in [-0.2, -0.15) is 0 Å². The zero-order valence-corrected chi connectivity index (χ0v) is 13.8. The molecule has 118 valence electrons. The summed E-state index contributed by atoms with van der Waals surface area (Å²) in [6.45, 7) is 1.77. The highest BCUT2D eigenvalue weighted by atomic mass is 32.1. The second kappa shape index (κ2) is 5.55. The fraction of sp³-hybridized carbons (Fsp3) is 0.176. The van der Waals surface area contributed by atoms with Gasteiger partial charge in [0.15, 0.2) is 5.06 Å². The number of amides is 1. The molecule has 0 atom stereocenters. The number of aromatic hydroxyl groups is 1. The van der Waals surface area contributed by atoms with Gasteiger partial charge >= 0.3 is 0 Å². The Morgan fingerprint density at radius 1 is 1.26 bits per heavy atom. The molecule has 0 fully saturated rings. The molecule has 3 rings (SSSR count). The number of aryl methyl sites for hydroxylation is 2. The van der Waals surface area contributed by atoms with E-state index in [0.29, 0.717) is 16.1 Å². The molecule has 0 radical (unpaired) electrons. The van der Waals surface area contributed by atoms with Crippen molar-refractivity contribution in [2.24, 2.45) is 7.05 Å².